The van der Waals surface area contributed by atoms with Gasteiger partial charge >= 0.3 is 6.03 Å². The Balaban J connectivity index is 1.90. The molecule has 0 bridgehead atoms. The molecule has 2 rings (SSSR count). The zero-order valence-corrected chi connectivity index (χ0v) is 9.51. The van der Waals surface area contributed by atoms with Gasteiger partial charge in [-0.1, -0.05) is 18.2 Å². The molecule has 1 aromatic heterocycles. The van der Waals surface area contributed by atoms with Crippen molar-refractivity contribution in [2.75, 3.05) is 5.32 Å². The molecule has 17 heavy (non-hydrogen) atoms. The van der Waals surface area contributed by atoms with Crippen molar-refractivity contribution >= 4 is 11.7 Å². The molecule has 0 aliphatic carbocycles. The number of carbonyl (C=O) groups is 1. The number of urea groups is 1. The highest BCUT2D eigenvalue weighted by Crippen LogP contribution is 2.12. The van der Waals surface area contributed by atoms with Crippen molar-refractivity contribution in [2.24, 2.45) is 0 Å². The molecule has 4 nitrogen and oxygen atoms in total. The van der Waals surface area contributed by atoms with Crippen molar-refractivity contribution in [3.63, 3.8) is 0 Å². The molecule has 0 aliphatic rings. The molecule has 2 N–H and O–H groups in total. The summed E-state index contributed by atoms with van der Waals surface area (Å²) in [6.07, 6.45) is 1.59. The minimum atomic E-state index is -0.250. The van der Waals surface area contributed by atoms with Crippen LogP contribution >= 0.6 is 0 Å². The van der Waals surface area contributed by atoms with Crippen molar-refractivity contribution in [1.29, 1.82) is 0 Å². The second-order valence-corrected chi connectivity index (χ2v) is 3.70. The van der Waals surface area contributed by atoms with Crippen molar-refractivity contribution in [2.45, 2.75) is 13.0 Å². The van der Waals surface area contributed by atoms with Crippen LogP contribution in [0.3, 0.4) is 0 Å². The van der Waals surface area contributed by atoms with E-state index in [1.165, 1.54) is 0 Å². The molecule has 0 saturated carbocycles. The van der Waals surface area contributed by atoms with Crippen molar-refractivity contribution < 1.29 is 9.21 Å². The number of benzene rings is 1. The number of para-hydroxylation sites is 1. The largest absolute Gasteiger partial charge is 0.467 e. The number of furan rings is 1. The first kappa shape index (κ1) is 11.3. The maximum Gasteiger partial charge on any atom is 0.319 e. The van der Waals surface area contributed by atoms with Crippen LogP contribution in [0.5, 0.6) is 0 Å². The van der Waals surface area contributed by atoms with E-state index in [1.54, 1.807) is 12.3 Å². The number of anilines is 1. The van der Waals surface area contributed by atoms with Gasteiger partial charge in [0.1, 0.15) is 5.76 Å². The van der Waals surface area contributed by atoms with Crippen LogP contribution in [0, 0.1) is 0 Å². The third kappa shape index (κ3) is 3.11. The fourth-order valence-corrected chi connectivity index (χ4v) is 1.49. The molecule has 2 amide bonds. The lowest BCUT2D eigenvalue weighted by Crippen LogP contribution is -2.30. The molecule has 4 heteroatoms. The fraction of sp³-hybridized carbons (Fsp3) is 0.154. The molecule has 0 unspecified atom stereocenters. The van der Waals surface area contributed by atoms with Crippen LogP contribution in [0.15, 0.2) is 53.1 Å². The van der Waals surface area contributed by atoms with Crippen molar-refractivity contribution in [1.82, 2.24) is 5.32 Å². The maximum absolute atomic E-state index is 11.7. The highest BCUT2D eigenvalue weighted by atomic mass is 16.3. The van der Waals surface area contributed by atoms with E-state index in [0.29, 0.717) is 0 Å². The number of hydrogen-bond acceptors (Lipinski definition) is 2. The molecule has 1 atom stereocenters. The van der Waals surface area contributed by atoms with E-state index in [4.69, 9.17) is 4.42 Å². The first-order chi connectivity index (χ1) is 8.25. The lowest BCUT2D eigenvalue weighted by molar-refractivity contribution is 0.247. The summed E-state index contributed by atoms with van der Waals surface area (Å²) in [6, 6.07) is 12.5. The SMILES string of the molecule is C[C@H](NC(=O)Nc1ccccc1)c1ccco1. The van der Waals surface area contributed by atoms with Gasteiger partial charge in [-0.2, -0.15) is 0 Å². The molecule has 88 valence electrons. The van der Waals surface area contributed by atoms with Crippen LogP contribution in [-0.2, 0) is 0 Å². The molecule has 0 spiro atoms. The summed E-state index contributed by atoms with van der Waals surface area (Å²) in [5.74, 6) is 0.730. The average Bonchev–Trinajstić information content (AvgIpc) is 2.83. The Bertz CT molecular complexity index is 465. The molecule has 0 radical (unpaired) electrons. The van der Waals surface area contributed by atoms with Gasteiger partial charge in [-0.15, -0.1) is 0 Å². The van der Waals surface area contributed by atoms with Gasteiger partial charge in [0.05, 0.1) is 12.3 Å². The number of amides is 2. The van der Waals surface area contributed by atoms with Crippen molar-refractivity contribution in [3.05, 3.63) is 54.5 Å². The van der Waals surface area contributed by atoms with Crippen LogP contribution < -0.4 is 10.6 Å². The van der Waals surface area contributed by atoms with Gasteiger partial charge < -0.3 is 15.1 Å². The van der Waals surface area contributed by atoms with E-state index >= 15 is 0 Å². The summed E-state index contributed by atoms with van der Waals surface area (Å²) < 4.78 is 5.20. The Morgan fingerprint density at radius 3 is 2.59 bits per heavy atom. The summed E-state index contributed by atoms with van der Waals surface area (Å²) in [5.41, 5.74) is 0.761. The second kappa shape index (κ2) is 5.21. The van der Waals surface area contributed by atoms with E-state index in [-0.39, 0.29) is 12.1 Å². The van der Waals surface area contributed by atoms with E-state index in [1.807, 2.05) is 43.3 Å². The van der Waals surface area contributed by atoms with Gasteiger partial charge in [-0.25, -0.2) is 4.79 Å². The zero-order valence-electron chi connectivity index (χ0n) is 9.51. The minimum Gasteiger partial charge on any atom is -0.467 e. The predicted octanol–water partition coefficient (Wildman–Crippen LogP) is 3.16. The molecule has 0 aliphatic heterocycles. The summed E-state index contributed by atoms with van der Waals surface area (Å²) >= 11 is 0. The smallest absolute Gasteiger partial charge is 0.319 e. The molecule has 0 fully saturated rings. The molecule has 2 aromatic rings. The zero-order chi connectivity index (χ0) is 12.1. The quantitative estimate of drug-likeness (QED) is 0.850. The van der Waals surface area contributed by atoms with Gasteiger partial charge in [0, 0.05) is 5.69 Å². The molecule has 1 aromatic carbocycles. The molecular formula is C13H14N2O2. The molecule has 1 heterocycles. The number of hydrogen-bond donors (Lipinski definition) is 2. The Kier molecular flexibility index (Phi) is 3.45. The summed E-state index contributed by atoms with van der Waals surface area (Å²) in [4.78, 5) is 11.7. The number of carbonyl (C=O) groups excluding carboxylic acids is 1. The third-order valence-electron chi connectivity index (χ3n) is 2.35. The van der Waals surface area contributed by atoms with Gasteiger partial charge in [0.25, 0.3) is 0 Å². The summed E-state index contributed by atoms with van der Waals surface area (Å²) in [6.45, 7) is 1.86. The highest BCUT2D eigenvalue weighted by Gasteiger charge is 2.11. The lowest BCUT2D eigenvalue weighted by Gasteiger charge is -2.12. The first-order valence-electron chi connectivity index (χ1n) is 5.41. The van der Waals surface area contributed by atoms with E-state index in [0.717, 1.165) is 11.4 Å². The maximum atomic E-state index is 11.7. The number of nitrogens with one attached hydrogen (secondary N) is 2. The summed E-state index contributed by atoms with van der Waals surface area (Å²) in [7, 11) is 0. The molecule has 0 saturated heterocycles. The highest BCUT2D eigenvalue weighted by molar-refractivity contribution is 5.89. The Morgan fingerprint density at radius 2 is 1.94 bits per heavy atom. The number of rotatable bonds is 3. The van der Waals surface area contributed by atoms with E-state index < -0.39 is 0 Å². The average molecular weight is 230 g/mol. The van der Waals surface area contributed by atoms with E-state index in [9.17, 15) is 4.79 Å². The van der Waals surface area contributed by atoms with E-state index in [2.05, 4.69) is 10.6 Å². The molecular weight excluding hydrogens is 216 g/mol. The van der Waals surface area contributed by atoms with Crippen LogP contribution in [0.4, 0.5) is 10.5 Å². The van der Waals surface area contributed by atoms with Gasteiger partial charge in [-0.3, -0.25) is 0 Å². The van der Waals surface area contributed by atoms with Gasteiger partial charge in [0.2, 0.25) is 0 Å². The monoisotopic (exact) mass is 230 g/mol. The fourth-order valence-electron chi connectivity index (χ4n) is 1.49. The van der Waals surface area contributed by atoms with Crippen LogP contribution in [0.1, 0.15) is 18.7 Å². The normalized spacial score (nSPS) is 11.8. The first-order valence-corrected chi connectivity index (χ1v) is 5.41. The van der Waals surface area contributed by atoms with Crippen LogP contribution in [-0.4, -0.2) is 6.03 Å². The van der Waals surface area contributed by atoms with Crippen LogP contribution in [0.2, 0.25) is 0 Å². The second-order valence-electron chi connectivity index (χ2n) is 3.70. The Hall–Kier alpha value is -2.23. The topological polar surface area (TPSA) is 54.3 Å². The lowest BCUT2D eigenvalue weighted by atomic mass is 10.2. The standard InChI is InChI=1S/C13H14N2O2/c1-10(12-8-5-9-17-12)14-13(16)15-11-6-3-2-4-7-11/h2-10H,1H3,(H2,14,15,16)/t10-/m0/s1. The van der Waals surface area contributed by atoms with Gasteiger partial charge in [-0.05, 0) is 31.2 Å². The minimum absolute atomic E-state index is 0.159. The summed E-state index contributed by atoms with van der Waals surface area (Å²) in [5, 5.41) is 5.53. The van der Waals surface area contributed by atoms with Gasteiger partial charge in [0.15, 0.2) is 0 Å². The predicted molar refractivity (Wildman–Crippen MR) is 65.7 cm³/mol. The Labute approximate surface area is 99.6 Å². The third-order valence-corrected chi connectivity index (χ3v) is 2.35. The Morgan fingerprint density at radius 1 is 1.18 bits per heavy atom. The van der Waals surface area contributed by atoms with Crippen LogP contribution in [0.25, 0.3) is 0 Å². The van der Waals surface area contributed by atoms with Crippen molar-refractivity contribution in [3.8, 4) is 0 Å².